The fourth-order valence-electron chi connectivity index (χ4n) is 2.42. The summed E-state index contributed by atoms with van der Waals surface area (Å²) >= 11 is 0. The summed E-state index contributed by atoms with van der Waals surface area (Å²) in [6.07, 6.45) is 6.42. The van der Waals surface area contributed by atoms with Crippen molar-refractivity contribution in [3.8, 4) is 0 Å². The zero-order valence-electron chi connectivity index (χ0n) is 12.8. The quantitative estimate of drug-likeness (QED) is 0.832. The number of rotatable bonds is 7. The molecule has 108 valence electrons. The van der Waals surface area contributed by atoms with E-state index in [1.807, 2.05) is 10.9 Å². The van der Waals surface area contributed by atoms with Gasteiger partial charge in [-0.1, -0.05) is 38.1 Å². The SMILES string of the molecule is CCCNC(CC)c1cnn(Cc2ccccc2C)c1. The lowest BCUT2D eigenvalue weighted by atomic mass is 10.1. The maximum atomic E-state index is 4.51. The standard InChI is InChI=1S/C17H25N3/c1-4-10-18-17(5-2)16-11-19-20(13-16)12-15-9-7-6-8-14(15)3/h6-9,11,13,17-18H,4-5,10,12H2,1-3H3. The zero-order chi connectivity index (χ0) is 14.4. The molecule has 0 saturated heterocycles. The molecule has 0 amide bonds. The molecule has 2 aromatic rings. The summed E-state index contributed by atoms with van der Waals surface area (Å²) in [6.45, 7) is 8.46. The van der Waals surface area contributed by atoms with Gasteiger partial charge in [0.15, 0.2) is 0 Å². The zero-order valence-corrected chi connectivity index (χ0v) is 12.8. The van der Waals surface area contributed by atoms with Gasteiger partial charge in [0.25, 0.3) is 0 Å². The summed E-state index contributed by atoms with van der Waals surface area (Å²) in [4.78, 5) is 0. The van der Waals surface area contributed by atoms with Gasteiger partial charge in [-0.3, -0.25) is 4.68 Å². The highest BCUT2D eigenvalue weighted by Crippen LogP contribution is 2.16. The fraction of sp³-hybridized carbons (Fsp3) is 0.471. The maximum absolute atomic E-state index is 4.51. The van der Waals surface area contributed by atoms with Gasteiger partial charge in [0.2, 0.25) is 0 Å². The Morgan fingerprint density at radius 3 is 2.75 bits per heavy atom. The molecule has 0 aliphatic carbocycles. The van der Waals surface area contributed by atoms with Gasteiger partial charge in [-0.05, 0) is 37.4 Å². The summed E-state index contributed by atoms with van der Waals surface area (Å²) in [5, 5.41) is 8.08. The van der Waals surface area contributed by atoms with E-state index >= 15 is 0 Å². The first kappa shape index (κ1) is 14.8. The predicted octanol–water partition coefficient (Wildman–Crippen LogP) is 3.69. The number of nitrogens with zero attached hydrogens (tertiary/aromatic N) is 2. The van der Waals surface area contributed by atoms with Crippen molar-refractivity contribution in [1.29, 1.82) is 0 Å². The normalized spacial score (nSPS) is 12.6. The van der Waals surface area contributed by atoms with Crippen molar-refractivity contribution in [3.05, 3.63) is 53.3 Å². The first-order valence-electron chi connectivity index (χ1n) is 7.54. The van der Waals surface area contributed by atoms with Crippen molar-refractivity contribution < 1.29 is 0 Å². The molecule has 3 heteroatoms. The van der Waals surface area contributed by atoms with E-state index in [1.165, 1.54) is 16.7 Å². The van der Waals surface area contributed by atoms with E-state index in [0.29, 0.717) is 6.04 Å². The van der Waals surface area contributed by atoms with Crippen LogP contribution in [0.15, 0.2) is 36.7 Å². The topological polar surface area (TPSA) is 29.9 Å². The van der Waals surface area contributed by atoms with E-state index in [0.717, 1.165) is 25.9 Å². The summed E-state index contributed by atoms with van der Waals surface area (Å²) in [5.74, 6) is 0. The van der Waals surface area contributed by atoms with Gasteiger partial charge in [-0.2, -0.15) is 5.10 Å². The van der Waals surface area contributed by atoms with E-state index in [2.05, 4.69) is 61.6 Å². The molecule has 0 saturated carbocycles. The van der Waals surface area contributed by atoms with Crippen LogP contribution in [0.2, 0.25) is 0 Å². The van der Waals surface area contributed by atoms with Crippen LogP contribution in [0.5, 0.6) is 0 Å². The Hall–Kier alpha value is -1.61. The van der Waals surface area contributed by atoms with Crippen LogP contribution >= 0.6 is 0 Å². The summed E-state index contributed by atoms with van der Waals surface area (Å²) in [7, 11) is 0. The Morgan fingerprint density at radius 2 is 2.05 bits per heavy atom. The average Bonchev–Trinajstić information content (AvgIpc) is 2.91. The highest BCUT2D eigenvalue weighted by molar-refractivity contribution is 5.26. The fourth-order valence-corrected chi connectivity index (χ4v) is 2.42. The summed E-state index contributed by atoms with van der Waals surface area (Å²) in [6, 6.07) is 8.90. The minimum atomic E-state index is 0.417. The second-order valence-corrected chi connectivity index (χ2v) is 5.31. The molecule has 0 spiro atoms. The van der Waals surface area contributed by atoms with E-state index in [9.17, 15) is 0 Å². The third-order valence-electron chi connectivity index (χ3n) is 3.70. The molecule has 1 N–H and O–H groups in total. The van der Waals surface area contributed by atoms with Crippen LogP contribution in [0, 0.1) is 6.92 Å². The monoisotopic (exact) mass is 271 g/mol. The van der Waals surface area contributed by atoms with Crippen LogP contribution in [0.3, 0.4) is 0 Å². The first-order valence-corrected chi connectivity index (χ1v) is 7.54. The molecule has 0 aliphatic heterocycles. The minimum absolute atomic E-state index is 0.417. The van der Waals surface area contributed by atoms with Crippen molar-refractivity contribution in [2.75, 3.05) is 6.54 Å². The molecule has 0 aliphatic rings. The van der Waals surface area contributed by atoms with Gasteiger partial charge < -0.3 is 5.32 Å². The molecule has 1 unspecified atom stereocenters. The molecule has 2 rings (SSSR count). The number of hydrogen-bond donors (Lipinski definition) is 1. The highest BCUT2D eigenvalue weighted by Gasteiger charge is 2.10. The molecule has 1 aromatic carbocycles. The van der Waals surface area contributed by atoms with Crippen LogP contribution in [0.1, 0.15) is 49.4 Å². The Kier molecular flexibility index (Phi) is 5.36. The Balaban J connectivity index is 2.06. The maximum Gasteiger partial charge on any atom is 0.0662 e. The van der Waals surface area contributed by atoms with Crippen LogP contribution < -0.4 is 5.32 Å². The third kappa shape index (κ3) is 3.70. The van der Waals surface area contributed by atoms with Crippen LogP contribution in [0.4, 0.5) is 0 Å². The Morgan fingerprint density at radius 1 is 1.25 bits per heavy atom. The van der Waals surface area contributed by atoms with Crippen LogP contribution in [0.25, 0.3) is 0 Å². The Bertz CT molecular complexity index is 531. The molecule has 0 fully saturated rings. The average molecular weight is 271 g/mol. The molecule has 1 atom stereocenters. The largest absolute Gasteiger partial charge is 0.310 e. The summed E-state index contributed by atoms with van der Waals surface area (Å²) < 4.78 is 2.04. The number of nitrogens with one attached hydrogen (secondary N) is 1. The van der Waals surface area contributed by atoms with Crippen molar-refractivity contribution >= 4 is 0 Å². The molecule has 3 nitrogen and oxygen atoms in total. The highest BCUT2D eigenvalue weighted by atomic mass is 15.3. The lowest BCUT2D eigenvalue weighted by molar-refractivity contribution is 0.517. The molecule has 0 radical (unpaired) electrons. The van der Waals surface area contributed by atoms with Gasteiger partial charge in [-0.15, -0.1) is 0 Å². The van der Waals surface area contributed by atoms with Crippen molar-refractivity contribution in [1.82, 2.24) is 15.1 Å². The molecule has 0 bridgehead atoms. The van der Waals surface area contributed by atoms with Gasteiger partial charge in [0.05, 0.1) is 12.7 Å². The number of benzene rings is 1. The second kappa shape index (κ2) is 7.25. The van der Waals surface area contributed by atoms with Crippen molar-refractivity contribution in [2.45, 2.75) is 46.2 Å². The van der Waals surface area contributed by atoms with Gasteiger partial charge in [-0.25, -0.2) is 0 Å². The van der Waals surface area contributed by atoms with Gasteiger partial charge in [0, 0.05) is 17.8 Å². The first-order chi connectivity index (χ1) is 9.74. The van der Waals surface area contributed by atoms with Crippen LogP contribution in [-0.2, 0) is 6.54 Å². The molecule has 1 aromatic heterocycles. The van der Waals surface area contributed by atoms with Crippen molar-refractivity contribution in [2.24, 2.45) is 0 Å². The van der Waals surface area contributed by atoms with Crippen LogP contribution in [-0.4, -0.2) is 16.3 Å². The van der Waals surface area contributed by atoms with E-state index in [4.69, 9.17) is 0 Å². The molecule has 1 heterocycles. The molecular weight excluding hydrogens is 246 g/mol. The van der Waals surface area contributed by atoms with E-state index in [-0.39, 0.29) is 0 Å². The lowest BCUT2D eigenvalue weighted by Crippen LogP contribution is -2.21. The second-order valence-electron chi connectivity index (χ2n) is 5.31. The smallest absolute Gasteiger partial charge is 0.0662 e. The van der Waals surface area contributed by atoms with E-state index < -0.39 is 0 Å². The summed E-state index contributed by atoms with van der Waals surface area (Å²) in [5.41, 5.74) is 3.94. The van der Waals surface area contributed by atoms with Crippen molar-refractivity contribution in [3.63, 3.8) is 0 Å². The predicted molar refractivity (Wildman–Crippen MR) is 83.8 cm³/mol. The minimum Gasteiger partial charge on any atom is -0.310 e. The number of aryl methyl sites for hydroxylation is 1. The lowest BCUT2D eigenvalue weighted by Gasteiger charge is -2.14. The Labute approximate surface area is 122 Å². The third-order valence-corrected chi connectivity index (χ3v) is 3.70. The molecule has 20 heavy (non-hydrogen) atoms. The van der Waals surface area contributed by atoms with E-state index in [1.54, 1.807) is 0 Å². The number of aromatic nitrogens is 2. The molecular formula is C17H25N3. The van der Waals surface area contributed by atoms with Gasteiger partial charge in [0.1, 0.15) is 0 Å². The number of hydrogen-bond acceptors (Lipinski definition) is 2. The van der Waals surface area contributed by atoms with Gasteiger partial charge >= 0.3 is 0 Å².